The molecule has 2 aromatic rings. The first-order valence-corrected chi connectivity index (χ1v) is 17.6. The highest BCUT2D eigenvalue weighted by atomic mass is 32.2. The number of aryl methyl sites for hydroxylation is 1. The summed E-state index contributed by atoms with van der Waals surface area (Å²) in [6, 6.07) is 11.0. The topological polar surface area (TPSA) is 60.8 Å². The van der Waals surface area contributed by atoms with Gasteiger partial charge in [0, 0.05) is 22.3 Å². The van der Waals surface area contributed by atoms with E-state index < -0.39 is 22.5 Å². The molecule has 0 spiro atoms. The summed E-state index contributed by atoms with van der Waals surface area (Å²) in [7, 11) is 1.00. The molecule has 2 N–H and O–H groups in total. The molecule has 0 bridgehead atoms. The number of aromatic hydroxyl groups is 1. The van der Waals surface area contributed by atoms with Crippen LogP contribution >= 0.6 is 0 Å². The highest BCUT2D eigenvalue weighted by Crippen LogP contribution is 2.63. The van der Waals surface area contributed by atoms with Gasteiger partial charge in [-0.3, -0.25) is 4.21 Å². The predicted molar refractivity (Wildman–Crippen MR) is 166 cm³/mol. The number of hydrogen-bond acceptors (Lipinski definition) is 4. The molecule has 5 rings (SSSR count). The summed E-state index contributed by atoms with van der Waals surface area (Å²) in [5.41, 5.74) is 2.77. The van der Waals surface area contributed by atoms with Gasteiger partial charge in [-0.25, -0.2) is 0 Å². The number of aliphatic hydroxyl groups is 1. The average molecular weight is 620 g/mol. The fourth-order valence-electron chi connectivity index (χ4n) is 8.75. The molecule has 0 heterocycles. The van der Waals surface area contributed by atoms with Crippen LogP contribution in [0.3, 0.4) is 0 Å². The van der Waals surface area contributed by atoms with Gasteiger partial charge in [-0.2, -0.15) is 13.2 Å². The molecule has 3 aliphatic carbocycles. The molecule has 3 aliphatic rings. The molecule has 43 heavy (non-hydrogen) atoms. The third-order valence-corrected chi connectivity index (χ3v) is 12.3. The quantitative estimate of drug-likeness (QED) is 0.239. The highest BCUT2D eigenvalue weighted by Gasteiger charge is 2.57. The van der Waals surface area contributed by atoms with E-state index in [1.165, 1.54) is 36.1 Å². The monoisotopic (exact) mass is 619 g/mol. The molecule has 2 aromatic carbocycles. The van der Waals surface area contributed by atoms with Gasteiger partial charge in [-0.05, 0) is 142 Å². The molecule has 0 saturated heterocycles. The van der Waals surface area contributed by atoms with Crippen molar-refractivity contribution in [2.75, 3.05) is 25.9 Å². The molecule has 0 aromatic heterocycles. The Morgan fingerprint density at radius 2 is 1.74 bits per heavy atom. The first-order valence-electron chi connectivity index (χ1n) is 16.1. The van der Waals surface area contributed by atoms with E-state index in [0.717, 1.165) is 76.6 Å². The van der Waals surface area contributed by atoms with Crippen molar-refractivity contribution in [2.45, 2.75) is 95.1 Å². The zero-order chi connectivity index (χ0) is 30.8. The standard InChI is InChI=1S/C35H48F3NO3S/c1-34-22-26(33-29-15-13-28(40)21-25(29)10-14-30(33)31(34)16-17-32(34)41)7-4-3-5-18-39(2)19-6-20-43(42)23-24-8-11-27(12-9-24)35(36,37)38/h8-9,11-13,15,21,26,30-33,40-41H,3-7,10,14,16-20,22-23H2,1-2H3/t26-,30?,31?,32?,33?,34?,43?/m0/s1. The number of unbranched alkanes of at least 4 members (excludes halogenated alkanes) is 2. The molecule has 2 saturated carbocycles. The Hall–Kier alpha value is -1.90. The number of alkyl halides is 3. The second kappa shape index (κ2) is 13.6. The number of rotatable bonds is 12. The second-order valence-electron chi connectivity index (χ2n) is 13.8. The van der Waals surface area contributed by atoms with Crippen LogP contribution in [0.2, 0.25) is 0 Å². The number of aliphatic hydroxyl groups excluding tert-OH is 1. The highest BCUT2D eigenvalue weighted by molar-refractivity contribution is 7.84. The Bertz CT molecular complexity index is 1250. The van der Waals surface area contributed by atoms with E-state index in [1.807, 2.05) is 12.1 Å². The van der Waals surface area contributed by atoms with Gasteiger partial charge in [0.15, 0.2) is 0 Å². The van der Waals surface area contributed by atoms with Crippen molar-refractivity contribution in [3.8, 4) is 5.75 Å². The number of nitrogens with zero attached hydrogens (tertiary/aromatic N) is 1. The molecule has 7 atom stereocenters. The van der Waals surface area contributed by atoms with Crippen LogP contribution in [0.5, 0.6) is 5.75 Å². The van der Waals surface area contributed by atoms with Gasteiger partial charge >= 0.3 is 6.18 Å². The summed E-state index contributed by atoms with van der Waals surface area (Å²) in [6.45, 7) is 4.19. The van der Waals surface area contributed by atoms with Crippen molar-refractivity contribution in [3.05, 3.63) is 64.7 Å². The first-order chi connectivity index (χ1) is 20.5. The largest absolute Gasteiger partial charge is 0.508 e. The van der Waals surface area contributed by atoms with Gasteiger partial charge in [0.25, 0.3) is 0 Å². The van der Waals surface area contributed by atoms with Crippen LogP contribution in [0.1, 0.15) is 92.9 Å². The molecule has 238 valence electrons. The summed E-state index contributed by atoms with van der Waals surface area (Å²) in [5, 5.41) is 21.1. The SMILES string of the molecule is CN(CCCCC[C@H]1CC2(C)C(O)CCC2C2CCc3cc(O)ccc3C21)CCCS(=O)Cc1ccc(C(F)(F)F)cc1. The molecule has 6 unspecified atom stereocenters. The minimum Gasteiger partial charge on any atom is -0.508 e. The minimum absolute atomic E-state index is 0.0209. The zero-order valence-corrected chi connectivity index (χ0v) is 26.4. The fraction of sp³-hybridized carbons (Fsp3) is 0.657. The lowest BCUT2D eigenvalue weighted by Gasteiger charge is -2.54. The van der Waals surface area contributed by atoms with Crippen LogP contribution in [0, 0.1) is 23.2 Å². The normalized spacial score (nSPS) is 29.2. The zero-order valence-electron chi connectivity index (χ0n) is 25.6. The lowest BCUT2D eigenvalue weighted by atomic mass is 9.51. The van der Waals surface area contributed by atoms with Crippen LogP contribution in [-0.2, 0) is 29.1 Å². The van der Waals surface area contributed by atoms with E-state index in [2.05, 4.69) is 24.9 Å². The lowest BCUT2D eigenvalue weighted by molar-refractivity contribution is -0.137. The number of phenolic OH excluding ortho intramolecular Hbond substituents is 1. The predicted octanol–water partition coefficient (Wildman–Crippen LogP) is 7.69. The summed E-state index contributed by atoms with van der Waals surface area (Å²) in [4.78, 5) is 2.29. The van der Waals surface area contributed by atoms with Crippen LogP contribution in [-0.4, -0.2) is 51.3 Å². The Morgan fingerprint density at radius 3 is 2.49 bits per heavy atom. The van der Waals surface area contributed by atoms with E-state index >= 15 is 0 Å². The third-order valence-electron chi connectivity index (χ3n) is 10.9. The lowest BCUT2D eigenvalue weighted by Crippen LogP contribution is -2.47. The molecule has 8 heteroatoms. The number of hydrogen-bond donors (Lipinski definition) is 2. The number of benzene rings is 2. The van der Waals surface area contributed by atoms with Crippen LogP contribution in [0.4, 0.5) is 13.2 Å². The summed E-state index contributed by atoms with van der Waals surface area (Å²) < 4.78 is 50.7. The van der Waals surface area contributed by atoms with Crippen LogP contribution in [0.15, 0.2) is 42.5 Å². The van der Waals surface area contributed by atoms with E-state index in [1.54, 1.807) is 0 Å². The molecule has 0 amide bonds. The number of fused-ring (bicyclic) bond motifs is 5. The average Bonchev–Trinajstić information content (AvgIpc) is 3.25. The molecular weight excluding hydrogens is 571 g/mol. The summed E-state index contributed by atoms with van der Waals surface area (Å²) in [5.74, 6) is 3.48. The van der Waals surface area contributed by atoms with E-state index in [9.17, 15) is 27.6 Å². The summed E-state index contributed by atoms with van der Waals surface area (Å²) in [6.07, 6.45) is 6.18. The maximum atomic E-state index is 12.8. The van der Waals surface area contributed by atoms with E-state index in [0.29, 0.717) is 40.7 Å². The first kappa shape index (κ1) is 32.5. The van der Waals surface area contributed by atoms with Gasteiger partial charge in [-0.1, -0.05) is 38.0 Å². The smallest absolute Gasteiger partial charge is 0.416 e. The maximum Gasteiger partial charge on any atom is 0.416 e. The molecular formula is C35H48F3NO3S. The Kier molecular flexibility index (Phi) is 10.3. The van der Waals surface area contributed by atoms with Gasteiger partial charge < -0.3 is 15.1 Å². The maximum absolute atomic E-state index is 12.8. The Balaban J connectivity index is 1.05. The van der Waals surface area contributed by atoms with E-state index in [4.69, 9.17) is 0 Å². The van der Waals surface area contributed by atoms with Crippen molar-refractivity contribution in [1.82, 2.24) is 4.90 Å². The number of halogens is 3. The van der Waals surface area contributed by atoms with Crippen LogP contribution < -0.4 is 0 Å². The Morgan fingerprint density at radius 1 is 1.00 bits per heavy atom. The van der Waals surface area contributed by atoms with Crippen molar-refractivity contribution in [3.63, 3.8) is 0 Å². The van der Waals surface area contributed by atoms with Gasteiger partial charge in [0.1, 0.15) is 5.75 Å². The second-order valence-corrected chi connectivity index (χ2v) is 15.3. The summed E-state index contributed by atoms with van der Waals surface area (Å²) >= 11 is 0. The molecule has 2 fully saturated rings. The van der Waals surface area contributed by atoms with Gasteiger partial charge in [0.05, 0.1) is 11.7 Å². The van der Waals surface area contributed by atoms with Gasteiger partial charge in [0.2, 0.25) is 0 Å². The van der Waals surface area contributed by atoms with Crippen molar-refractivity contribution in [1.29, 1.82) is 0 Å². The fourth-order valence-corrected chi connectivity index (χ4v) is 9.91. The Labute approximate surface area is 257 Å². The van der Waals surface area contributed by atoms with Crippen LogP contribution in [0.25, 0.3) is 0 Å². The number of phenols is 1. The third kappa shape index (κ3) is 7.50. The van der Waals surface area contributed by atoms with E-state index in [-0.39, 0.29) is 17.3 Å². The van der Waals surface area contributed by atoms with Gasteiger partial charge in [-0.15, -0.1) is 0 Å². The van der Waals surface area contributed by atoms with Crippen molar-refractivity contribution >= 4 is 10.8 Å². The molecule has 4 nitrogen and oxygen atoms in total. The molecule has 0 radical (unpaired) electrons. The van der Waals surface area contributed by atoms with Crippen molar-refractivity contribution in [2.24, 2.45) is 23.2 Å². The van der Waals surface area contributed by atoms with Crippen molar-refractivity contribution < 1.29 is 27.6 Å². The minimum atomic E-state index is -4.35. The molecule has 0 aliphatic heterocycles.